The molecule has 0 saturated carbocycles. The molecule has 0 aromatic heterocycles. The van der Waals surface area contributed by atoms with Crippen LogP contribution in [0.3, 0.4) is 0 Å². The first-order valence-corrected chi connectivity index (χ1v) is 7.86. The minimum Gasteiger partial charge on any atom is -0.487 e. The average molecular weight is 290 g/mol. The maximum Gasteiger partial charge on any atom is 0.124 e. The van der Waals surface area contributed by atoms with Crippen LogP contribution >= 0.6 is 0 Å². The van der Waals surface area contributed by atoms with Crippen molar-refractivity contribution in [3.63, 3.8) is 0 Å². The molecule has 2 heterocycles. The highest BCUT2D eigenvalue weighted by molar-refractivity contribution is 5.38. The predicted octanol–water partition coefficient (Wildman–Crippen LogP) is 2.21. The monoisotopic (exact) mass is 290 g/mol. The fourth-order valence-electron chi connectivity index (χ4n) is 3.34. The summed E-state index contributed by atoms with van der Waals surface area (Å²) in [4.78, 5) is 2.42. The van der Waals surface area contributed by atoms with Gasteiger partial charge in [-0.05, 0) is 27.0 Å². The van der Waals surface area contributed by atoms with E-state index in [0.29, 0.717) is 6.04 Å². The standard InChI is InChI=1S/C17H26N2O2/c1-17(2)10-15(14-6-4-5-7-16(14)21-17)19(3)12-13-11-18-8-9-20-13/h4-7,13,15,18H,8-12H2,1-3H3. The molecule has 1 aromatic rings. The zero-order valence-electron chi connectivity index (χ0n) is 13.3. The van der Waals surface area contributed by atoms with Gasteiger partial charge in [0.25, 0.3) is 0 Å². The first kappa shape index (κ1) is 14.8. The van der Waals surface area contributed by atoms with E-state index in [0.717, 1.165) is 38.4 Å². The molecule has 3 rings (SSSR count). The Bertz CT molecular complexity index is 483. The van der Waals surface area contributed by atoms with Crippen molar-refractivity contribution < 1.29 is 9.47 Å². The molecular formula is C17H26N2O2. The molecule has 21 heavy (non-hydrogen) atoms. The van der Waals surface area contributed by atoms with Crippen LogP contribution in [0.2, 0.25) is 0 Å². The minimum absolute atomic E-state index is 0.126. The molecule has 0 amide bonds. The van der Waals surface area contributed by atoms with Gasteiger partial charge in [-0.2, -0.15) is 0 Å². The van der Waals surface area contributed by atoms with Crippen molar-refractivity contribution >= 4 is 0 Å². The summed E-state index contributed by atoms with van der Waals surface area (Å²) in [6.45, 7) is 8.01. The number of para-hydroxylation sites is 1. The second-order valence-electron chi connectivity index (χ2n) is 6.76. The summed E-state index contributed by atoms with van der Waals surface area (Å²) in [5.74, 6) is 1.02. The molecule has 2 unspecified atom stereocenters. The number of ether oxygens (including phenoxy) is 2. The summed E-state index contributed by atoms with van der Waals surface area (Å²) in [6.07, 6.45) is 1.28. The number of nitrogens with one attached hydrogen (secondary N) is 1. The molecule has 4 nitrogen and oxygen atoms in total. The zero-order chi connectivity index (χ0) is 14.9. The van der Waals surface area contributed by atoms with E-state index in [9.17, 15) is 0 Å². The van der Waals surface area contributed by atoms with Crippen molar-refractivity contribution in [3.8, 4) is 5.75 Å². The Balaban J connectivity index is 1.76. The number of benzene rings is 1. The number of likely N-dealkylation sites (N-methyl/N-ethyl adjacent to an activating group) is 1. The molecule has 0 aliphatic carbocycles. The largest absolute Gasteiger partial charge is 0.487 e. The summed E-state index contributed by atoms with van der Waals surface area (Å²) in [5.41, 5.74) is 1.17. The summed E-state index contributed by atoms with van der Waals surface area (Å²) in [6, 6.07) is 8.79. The van der Waals surface area contributed by atoms with E-state index >= 15 is 0 Å². The van der Waals surface area contributed by atoms with Crippen molar-refractivity contribution in [3.05, 3.63) is 29.8 Å². The minimum atomic E-state index is -0.126. The van der Waals surface area contributed by atoms with Crippen LogP contribution in [0.5, 0.6) is 5.75 Å². The average Bonchev–Trinajstić information content (AvgIpc) is 2.46. The second kappa shape index (κ2) is 5.95. The van der Waals surface area contributed by atoms with Gasteiger partial charge < -0.3 is 14.8 Å². The van der Waals surface area contributed by atoms with E-state index in [1.165, 1.54) is 5.56 Å². The molecule has 1 N–H and O–H groups in total. The molecule has 0 spiro atoms. The third kappa shape index (κ3) is 3.39. The number of morpholine rings is 1. The van der Waals surface area contributed by atoms with Gasteiger partial charge in [0.2, 0.25) is 0 Å². The Hall–Kier alpha value is -1.10. The number of nitrogens with zero attached hydrogens (tertiary/aromatic N) is 1. The summed E-state index contributed by atoms with van der Waals surface area (Å²) >= 11 is 0. The molecule has 1 aromatic carbocycles. The van der Waals surface area contributed by atoms with Crippen LogP contribution in [0.25, 0.3) is 0 Å². The van der Waals surface area contributed by atoms with E-state index < -0.39 is 0 Å². The molecule has 1 saturated heterocycles. The first-order chi connectivity index (χ1) is 10.1. The van der Waals surface area contributed by atoms with E-state index in [1.54, 1.807) is 0 Å². The summed E-state index contributed by atoms with van der Waals surface area (Å²) < 4.78 is 12.0. The first-order valence-electron chi connectivity index (χ1n) is 7.86. The second-order valence-corrected chi connectivity index (χ2v) is 6.76. The van der Waals surface area contributed by atoms with Gasteiger partial charge in [-0.15, -0.1) is 0 Å². The Labute approximate surface area is 127 Å². The molecule has 4 heteroatoms. The van der Waals surface area contributed by atoms with Gasteiger partial charge in [-0.3, -0.25) is 4.90 Å². The Morgan fingerprint density at radius 1 is 1.33 bits per heavy atom. The van der Waals surface area contributed by atoms with Crippen LogP contribution in [-0.2, 0) is 4.74 Å². The number of hydrogen-bond acceptors (Lipinski definition) is 4. The Morgan fingerprint density at radius 2 is 2.14 bits per heavy atom. The lowest BCUT2D eigenvalue weighted by Gasteiger charge is -2.42. The van der Waals surface area contributed by atoms with Crippen molar-refractivity contribution in [1.82, 2.24) is 10.2 Å². The molecule has 1 fully saturated rings. The van der Waals surface area contributed by atoms with Crippen molar-refractivity contribution in [2.45, 2.75) is 38.0 Å². The third-order valence-corrected chi connectivity index (χ3v) is 4.38. The fraction of sp³-hybridized carbons (Fsp3) is 0.647. The summed E-state index contributed by atoms with van der Waals surface area (Å²) in [7, 11) is 2.20. The van der Waals surface area contributed by atoms with Gasteiger partial charge in [0.05, 0.1) is 12.7 Å². The number of hydrogen-bond donors (Lipinski definition) is 1. The molecule has 2 aliphatic rings. The maximum atomic E-state index is 6.12. The van der Waals surface area contributed by atoms with Crippen molar-refractivity contribution in [1.29, 1.82) is 0 Å². The number of fused-ring (bicyclic) bond motifs is 1. The Morgan fingerprint density at radius 3 is 2.90 bits per heavy atom. The molecule has 0 radical (unpaired) electrons. The smallest absolute Gasteiger partial charge is 0.124 e. The topological polar surface area (TPSA) is 33.7 Å². The zero-order valence-corrected chi connectivity index (χ0v) is 13.3. The van der Waals surface area contributed by atoms with Gasteiger partial charge in [-0.1, -0.05) is 18.2 Å². The molecule has 116 valence electrons. The fourth-order valence-corrected chi connectivity index (χ4v) is 3.34. The lowest BCUT2D eigenvalue weighted by molar-refractivity contribution is -0.0147. The van der Waals surface area contributed by atoms with E-state index in [4.69, 9.17) is 9.47 Å². The van der Waals surface area contributed by atoms with E-state index in [1.807, 2.05) is 6.07 Å². The van der Waals surface area contributed by atoms with Crippen LogP contribution in [0.15, 0.2) is 24.3 Å². The highest BCUT2D eigenvalue weighted by atomic mass is 16.5. The normalized spacial score (nSPS) is 28.0. The van der Waals surface area contributed by atoms with E-state index in [-0.39, 0.29) is 11.7 Å². The van der Waals surface area contributed by atoms with Crippen LogP contribution in [0.1, 0.15) is 31.9 Å². The van der Waals surface area contributed by atoms with E-state index in [2.05, 4.69) is 49.3 Å². The molecule has 0 bridgehead atoms. The maximum absolute atomic E-state index is 6.12. The van der Waals surface area contributed by atoms with Crippen LogP contribution in [-0.4, -0.2) is 49.9 Å². The molecule has 2 aliphatic heterocycles. The lowest BCUT2D eigenvalue weighted by Crippen LogP contribution is -2.47. The van der Waals surface area contributed by atoms with Crippen LogP contribution < -0.4 is 10.1 Å². The highest BCUT2D eigenvalue weighted by Gasteiger charge is 2.36. The Kier molecular flexibility index (Phi) is 4.20. The van der Waals surface area contributed by atoms with Gasteiger partial charge in [0.1, 0.15) is 11.4 Å². The molecule has 2 atom stereocenters. The van der Waals surface area contributed by atoms with Crippen molar-refractivity contribution in [2.24, 2.45) is 0 Å². The SMILES string of the molecule is CN(CC1CNCCO1)C1CC(C)(C)Oc2ccccc21. The third-order valence-electron chi connectivity index (χ3n) is 4.38. The summed E-state index contributed by atoms with van der Waals surface area (Å²) in [5, 5.41) is 3.40. The lowest BCUT2D eigenvalue weighted by atomic mass is 9.88. The van der Waals surface area contributed by atoms with Crippen LogP contribution in [0.4, 0.5) is 0 Å². The van der Waals surface area contributed by atoms with Gasteiger partial charge in [-0.25, -0.2) is 0 Å². The molecular weight excluding hydrogens is 264 g/mol. The van der Waals surface area contributed by atoms with Crippen LogP contribution in [0, 0.1) is 0 Å². The van der Waals surface area contributed by atoms with Gasteiger partial charge in [0, 0.05) is 37.7 Å². The van der Waals surface area contributed by atoms with Gasteiger partial charge >= 0.3 is 0 Å². The number of rotatable bonds is 3. The van der Waals surface area contributed by atoms with Crippen molar-refractivity contribution in [2.75, 3.05) is 33.3 Å². The quantitative estimate of drug-likeness (QED) is 0.925. The highest BCUT2D eigenvalue weighted by Crippen LogP contribution is 2.41. The predicted molar refractivity (Wildman–Crippen MR) is 83.7 cm³/mol. The van der Waals surface area contributed by atoms with Gasteiger partial charge in [0.15, 0.2) is 0 Å².